The van der Waals surface area contributed by atoms with E-state index in [1.807, 2.05) is 48.9 Å². The summed E-state index contributed by atoms with van der Waals surface area (Å²) in [5.74, 6) is 2.99. The van der Waals surface area contributed by atoms with Gasteiger partial charge < -0.3 is 4.52 Å². The monoisotopic (exact) mass is 447 g/mol. The first-order valence-corrected chi connectivity index (χ1v) is 11.3. The van der Waals surface area contributed by atoms with Gasteiger partial charge in [0.1, 0.15) is 0 Å². The first-order chi connectivity index (χ1) is 15.4. The van der Waals surface area contributed by atoms with Crippen LogP contribution in [0.2, 0.25) is 0 Å². The van der Waals surface area contributed by atoms with Crippen molar-refractivity contribution in [3.63, 3.8) is 0 Å². The van der Waals surface area contributed by atoms with Crippen LogP contribution >= 0.6 is 0 Å². The molecule has 1 N–H and O–H groups in total. The molecular weight excluding hydrogens is 426 g/mol. The van der Waals surface area contributed by atoms with Gasteiger partial charge in [0, 0.05) is 17.7 Å². The van der Waals surface area contributed by atoms with E-state index in [-0.39, 0.29) is 17.3 Å². The number of benzene rings is 2. The molecule has 162 valence electrons. The van der Waals surface area contributed by atoms with E-state index in [4.69, 9.17) is 10.9 Å². The second-order valence-corrected chi connectivity index (χ2v) is 9.02. The predicted molar refractivity (Wildman–Crippen MR) is 120 cm³/mol. The minimum Gasteiger partial charge on any atom is -0.334 e. The number of nitrogens with zero attached hydrogens (tertiary/aromatic N) is 4. The molecule has 0 amide bonds. The minimum atomic E-state index is -3.71. The van der Waals surface area contributed by atoms with Gasteiger partial charge in [-0.3, -0.25) is 0 Å². The van der Waals surface area contributed by atoms with E-state index in [0.29, 0.717) is 17.8 Å². The van der Waals surface area contributed by atoms with Crippen LogP contribution in [0.3, 0.4) is 0 Å². The lowest BCUT2D eigenvalue weighted by Gasteiger charge is -2.05. The maximum Gasteiger partial charge on any atom is 0.257 e. The molecule has 4 aromatic rings. The first-order valence-electron chi connectivity index (χ1n) is 9.84. The summed E-state index contributed by atoms with van der Waals surface area (Å²) < 4.78 is 34.2. The van der Waals surface area contributed by atoms with Gasteiger partial charge in [-0.25, -0.2) is 13.1 Å². The van der Waals surface area contributed by atoms with E-state index in [1.165, 1.54) is 12.1 Å². The molecule has 8 nitrogen and oxygen atoms in total. The van der Waals surface area contributed by atoms with Crippen molar-refractivity contribution in [3.8, 4) is 29.5 Å². The molecule has 0 fully saturated rings. The van der Waals surface area contributed by atoms with Crippen molar-refractivity contribution < 1.29 is 12.9 Å². The second-order valence-electron chi connectivity index (χ2n) is 7.25. The molecular formula is C23H21N5O3S. The highest BCUT2D eigenvalue weighted by Gasteiger charge is 2.16. The molecule has 0 saturated heterocycles. The van der Waals surface area contributed by atoms with E-state index in [9.17, 15) is 8.42 Å². The number of aryl methyl sites for hydroxylation is 2. The molecule has 0 spiro atoms. The Balaban J connectivity index is 1.51. The Morgan fingerprint density at radius 1 is 1.12 bits per heavy atom. The molecule has 4 rings (SSSR count). The second kappa shape index (κ2) is 8.78. The number of aromatic nitrogens is 4. The molecule has 0 aliphatic rings. The molecule has 0 radical (unpaired) electrons. The van der Waals surface area contributed by atoms with Crippen LogP contribution in [0.25, 0.3) is 17.1 Å². The van der Waals surface area contributed by atoms with Crippen molar-refractivity contribution >= 4 is 10.0 Å². The van der Waals surface area contributed by atoms with Gasteiger partial charge in [-0.15, -0.1) is 6.42 Å². The van der Waals surface area contributed by atoms with Gasteiger partial charge in [0.25, 0.3) is 5.89 Å². The Morgan fingerprint density at radius 3 is 2.59 bits per heavy atom. The third kappa shape index (κ3) is 4.61. The molecule has 2 heterocycles. The molecule has 0 atom stereocenters. The molecule has 0 aliphatic heterocycles. The van der Waals surface area contributed by atoms with Crippen LogP contribution in [0.1, 0.15) is 22.8 Å². The topological polar surface area (TPSA) is 103 Å². The minimum absolute atomic E-state index is 0.0738. The van der Waals surface area contributed by atoms with Crippen molar-refractivity contribution in [1.29, 1.82) is 0 Å². The van der Waals surface area contributed by atoms with E-state index < -0.39 is 10.0 Å². The average Bonchev–Trinajstić information content (AvgIpc) is 3.39. The van der Waals surface area contributed by atoms with Crippen LogP contribution in [-0.4, -0.2) is 34.9 Å². The summed E-state index contributed by atoms with van der Waals surface area (Å²) in [6, 6.07) is 16.3. The maximum atomic E-state index is 12.3. The zero-order chi connectivity index (χ0) is 22.7. The average molecular weight is 448 g/mol. The summed E-state index contributed by atoms with van der Waals surface area (Å²) in [7, 11) is -3.71. The van der Waals surface area contributed by atoms with Gasteiger partial charge in [-0.05, 0) is 55.8 Å². The van der Waals surface area contributed by atoms with Crippen LogP contribution < -0.4 is 4.72 Å². The number of hydrogen-bond acceptors (Lipinski definition) is 6. The molecule has 0 bridgehead atoms. The third-order valence-corrected chi connectivity index (χ3v) is 6.18. The Kier molecular flexibility index (Phi) is 5.90. The normalized spacial score (nSPS) is 11.4. The number of rotatable bonds is 7. The Labute approximate surface area is 186 Å². The van der Waals surface area contributed by atoms with Gasteiger partial charge in [0.2, 0.25) is 10.0 Å². The highest BCUT2D eigenvalue weighted by Crippen LogP contribution is 2.22. The summed E-state index contributed by atoms with van der Waals surface area (Å²) in [6.07, 6.45) is 5.61. The summed E-state index contributed by atoms with van der Waals surface area (Å²) >= 11 is 0. The number of nitrogens with one attached hydrogen (secondary N) is 1. The highest BCUT2D eigenvalue weighted by atomic mass is 32.2. The summed E-state index contributed by atoms with van der Waals surface area (Å²) in [6.45, 7) is 3.89. The van der Waals surface area contributed by atoms with Gasteiger partial charge in [-0.2, -0.15) is 14.8 Å². The van der Waals surface area contributed by atoms with E-state index >= 15 is 0 Å². The zero-order valence-corrected chi connectivity index (χ0v) is 18.4. The maximum absolute atomic E-state index is 12.3. The van der Waals surface area contributed by atoms with Gasteiger partial charge in [0.05, 0.1) is 22.8 Å². The van der Waals surface area contributed by atoms with Crippen molar-refractivity contribution in [1.82, 2.24) is 24.6 Å². The Hall–Kier alpha value is -3.74. The van der Waals surface area contributed by atoms with Crippen molar-refractivity contribution in [2.24, 2.45) is 0 Å². The zero-order valence-electron chi connectivity index (χ0n) is 17.6. The largest absolute Gasteiger partial charge is 0.334 e. The summed E-state index contributed by atoms with van der Waals surface area (Å²) in [5, 5.41) is 8.52. The van der Waals surface area contributed by atoms with Crippen molar-refractivity contribution in [2.45, 2.75) is 25.2 Å². The molecule has 0 unspecified atom stereocenters. The quantitative estimate of drug-likeness (QED) is 0.437. The van der Waals surface area contributed by atoms with Crippen LogP contribution in [-0.2, 0) is 16.4 Å². The summed E-state index contributed by atoms with van der Waals surface area (Å²) in [4.78, 5) is 4.49. The highest BCUT2D eigenvalue weighted by molar-refractivity contribution is 7.89. The van der Waals surface area contributed by atoms with Crippen molar-refractivity contribution in [2.75, 3.05) is 6.54 Å². The SMILES string of the molecule is C#CCNS(=O)(=O)c1cccc(-c2nc(Cc3ccc(-n4nc(C)cc4C)cc3)no2)c1. The van der Waals surface area contributed by atoms with Gasteiger partial charge in [0.15, 0.2) is 5.82 Å². The van der Waals surface area contributed by atoms with Gasteiger partial charge in [-0.1, -0.05) is 29.3 Å². The smallest absolute Gasteiger partial charge is 0.257 e. The van der Waals surface area contributed by atoms with E-state index in [1.54, 1.807) is 12.1 Å². The Morgan fingerprint density at radius 2 is 1.91 bits per heavy atom. The van der Waals surface area contributed by atoms with Crippen LogP contribution in [0.5, 0.6) is 0 Å². The number of terminal acetylenes is 1. The lowest BCUT2D eigenvalue weighted by Crippen LogP contribution is -2.23. The summed E-state index contributed by atoms with van der Waals surface area (Å²) in [5.41, 5.74) is 4.53. The molecule has 32 heavy (non-hydrogen) atoms. The lowest BCUT2D eigenvalue weighted by atomic mass is 10.1. The van der Waals surface area contributed by atoms with E-state index in [0.717, 1.165) is 22.6 Å². The third-order valence-electron chi connectivity index (χ3n) is 4.78. The molecule has 0 saturated carbocycles. The lowest BCUT2D eigenvalue weighted by molar-refractivity contribution is 0.424. The van der Waals surface area contributed by atoms with Crippen LogP contribution in [0.15, 0.2) is 64.0 Å². The first kappa shape index (κ1) is 21.5. The molecule has 0 aliphatic carbocycles. The number of sulfonamides is 1. The molecule has 9 heteroatoms. The van der Waals surface area contributed by atoms with Crippen LogP contribution in [0, 0.1) is 26.2 Å². The van der Waals surface area contributed by atoms with Crippen molar-refractivity contribution in [3.05, 3.63) is 77.4 Å². The predicted octanol–water partition coefficient (Wildman–Crippen LogP) is 3.04. The fourth-order valence-corrected chi connectivity index (χ4v) is 4.27. The number of hydrogen-bond donors (Lipinski definition) is 1. The molecule has 2 aromatic carbocycles. The van der Waals surface area contributed by atoms with Crippen LogP contribution in [0.4, 0.5) is 0 Å². The Bertz CT molecular complexity index is 1400. The fraction of sp³-hybridized carbons (Fsp3) is 0.174. The van der Waals surface area contributed by atoms with Gasteiger partial charge >= 0.3 is 0 Å². The van der Waals surface area contributed by atoms with E-state index in [2.05, 4.69) is 25.9 Å². The fourth-order valence-electron chi connectivity index (χ4n) is 3.29. The molecule has 2 aromatic heterocycles. The standard InChI is InChI=1S/C23H21N5O3S/c1-4-12-24-32(29,30)21-7-5-6-19(15-21)23-25-22(27-31-23)14-18-8-10-20(11-9-18)28-17(3)13-16(2)26-28/h1,5-11,13,15,24H,12,14H2,2-3H3.